The van der Waals surface area contributed by atoms with Gasteiger partial charge in [0.25, 0.3) is 0 Å². The molecule has 2 heterocycles. The zero-order valence-electron chi connectivity index (χ0n) is 15.9. The summed E-state index contributed by atoms with van der Waals surface area (Å²) in [6.07, 6.45) is -13.7. The van der Waals surface area contributed by atoms with Gasteiger partial charge in [-0.1, -0.05) is 12.1 Å². The Morgan fingerprint density at radius 2 is 0.967 bits per heavy atom. The van der Waals surface area contributed by atoms with Crippen LogP contribution < -0.4 is 10.6 Å². The number of hydrogen-bond acceptors (Lipinski definition) is 12. The lowest BCUT2D eigenvalue weighted by atomic mass is 9.98. The summed E-state index contributed by atoms with van der Waals surface area (Å²) in [7, 11) is 0. The molecule has 1 aromatic rings. The summed E-state index contributed by atoms with van der Waals surface area (Å²) in [4.78, 5) is 0. The summed E-state index contributed by atoms with van der Waals surface area (Å²) in [6, 6.07) is 6.50. The standard InChI is InChI=1S/C18H28N2O10/c21-5-9-11(23)13(25)15(27)17(29-9)19-7-3-1-2-4-8(7)20-18-16(28)14(26)12(24)10(6-22)30-18/h1-4,9-28H,5-6H2/t9-,10+,11+,12-,13-,14-,15+,16-,17-,18+/m0/s1. The second kappa shape index (κ2) is 9.70. The van der Waals surface area contributed by atoms with Crippen LogP contribution in [0.3, 0.4) is 0 Å². The zero-order valence-corrected chi connectivity index (χ0v) is 15.9. The lowest BCUT2D eigenvalue weighted by Gasteiger charge is -2.42. The van der Waals surface area contributed by atoms with Crippen LogP contribution in [0.2, 0.25) is 0 Å². The van der Waals surface area contributed by atoms with E-state index in [1.807, 2.05) is 0 Å². The van der Waals surface area contributed by atoms with E-state index in [1.54, 1.807) is 24.3 Å². The molecule has 10 N–H and O–H groups in total. The average Bonchev–Trinajstić information content (AvgIpc) is 2.75. The number of aliphatic hydroxyl groups is 8. The van der Waals surface area contributed by atoms with Crippen molar-refractivity contribution in [2.24, 2.45) is 0 Å². The van der Waals surface area contributed by atoms with Gasteiger partial charge in [0.05, 0.1) is 24.6 Å². The summed E-state index contributed by atoms with van der Waals surface area (Å²) in [5.41, 5.74) is 0.692. The molecule has 0 radical (unpaired) electrons. The lowest BCUT2D eigenvalue weighted by Crippen LogP contribution is -2.61. The first-order valence-electron chi connectivity index (χ1n) is 9.51. The fraction of sp³-hybridized carbons (Fsp3) is 0.667. The van der Waals surface area contributed by atoms with E-state index in [4.69, 9.17) is 9.47 Å². The summed E-state index contributed by atoms with van der Waals surface area (Å²) >= 11 is 0. The Hall–Kier alpha value is -1.58. The first kappa shape index (κ1) is 23.1. The molecule has 12 heteroatoms. The van der Waals surface area contributed by atoms with Crippen molar-refractivity contribution in [3.63, 3.8) is 0 Å². The van der Waals surface area contributed by atoms with Crippen molar-refractivity contribution >= 4 is 11.4 Å². The molecule has 0 aromatic heterocycles. The van der Waals surface area contributed by atoms with E-state index < -0.39 is 74.5 Å². The number of aliphatic hydroxyl groups excluding tert-OH is 8. The molecule has 0 spiro atoms. The van der Waals surface area contributed by atoms with Crippen LogP contribution >= 0.6 is 0 Å². The van der Waals surface area contributed by atoms with E-state index >= 15 is 0 Å². The first-order chi connectivity index (χ1) is 14.3. The Kier molecular flexibility index (Phi) is 7.47. The van der Waals surface area contributed by atoms with Gasteiger partial charge in [0, 0.05) is 0 Å². The zero-order chi connectivity index (χ0) is 22.0. The Labute approximate surface area is 171 Å². The van der Waals surface area contributed by atoms with Crippen molar-refractivity contribution in [1.29, 1.82) is 0 Å². The van der Waals surface area contributed by atoms with Crippen molar-refractivity contribution in [1.82, 2.24) is 0 Å². The Morgan fingerprint density at radius 3 is 1.30 bits per heavy atom. The van der Waals surface area contributed by atoms with Crippen LogP contribution in [0.25, 0.3) is 0 Å². The predicted octanol–water partition coefficient (Wildman–Crippen LogP) is -3.89. The molecule has 10 atom stereocenters. The lowest BCUT2D eigenvalue weighted by molar-refractivity contribution is -0.222. The van der Waals surface area contributed by atoms with Crippen LogP contribution in [0, 0.1) is 0 Å². The SMILES string of the molecule is OC[C@@H]1O[C@H](Nc2ccccc2N[C@@H]2O[C@H](CO)[C@H](O)[C@H](O)[C@@H]2O)[C@H](O)[C@@H](O)[C@@H]1O. The van der Waals surface area contributed by atoms with Crippen LogP contribution in [0.1, 0.15) is 0 Å². The van der Waals surface area contributed by atoms with E-state index in [1.165, 1.54) is 0 Å². The summed E-state index contributed by atoms with van der Waals surface area (Å²) in [5.74, 6) is 0. The van der Waals surface area contributed by atoms with Gasteiger partial charge in [-0.3, -0.25) is 0 Å². The predicted molar refractivity (Wildman–Crippen MR) is 101 cm³/mol. The van der Waals surface area contributed by atoms with Crippen molar-refractivity contribution in [3.05, 3.63) is 24.3 Å². The van der Waals surface area contributed by atoms with Gasteiger partial charge in [-0.25, -0.2) is 0 Å². The third-order valence-electron chi connectivity index (χ3n) is 5.31. The third kappa shape index (κ3) is 4.53. The number of nitrogens with one attached hydrogen (secondary N) is 2. The van der Waals surface area contributed by atoms with Crippen LogP contribution in [0.15, 0.2) is 24.3 Å². The molecule has 2 aliphatic heterocycles. The van der Waals surface area contributed by atoms with Crippen LogP contribution in [-0.2, 0) is 9.47 Å². The number of ether oxygens (including phenoxy) is 2. The van der Waals surface area contributed by atoms with Gasteiger partial charge in [0.1, 0.15) is 48.8 Å². The normalized spacial score (nSPS) is 42.0. The minimum atomic E-state index is -1.56. The van der Waals surface area contributed by atoms with E-state index in [-0.39, 0.29) is 0 Å². The Bertz CT molecular complexity index is 636. The highest BCUT2D eigenvalue weighted by Crippen LogP contribution is 2.30. The number of benzene rings is 1. The molecule has 170 valence electrons. The number of hydrogen-bond donors (Lipinski definition) is 10. The summed E-state index contributed by atoms with van der Waals surface area (Å²) in [6.45, 7) is -1.15. The molecule has 2 saturated heterocycles. The highest BCUT2D eigenvalue weighted by Gasteiger charge is 2.45. The molecule has 0 bridgehead atoms. The van der Waals surface area contributed by atoms with Crippen molar-refractivity contribution in [2.45, 2.75) is 61.3 Å². The average molecular weight is 432 g/mol. The second-order valence-corrected chi connectivity index (χ2v) is 7.33. The number of rotatable bonds is 6. The maximum Gasteiger partial charge on any atom is 0.157 e. The third-order valence-corrected chi connectivity index (χ3v) is 5.31. The fourth-order valence-corrected chi connectivity index (χ4v) is 3.48. The smallest absolute Gasteiger partial charge is 0.157 e. The molecule has 0 amide bonds. The van der Waals surface area contributed by atoms with Gasteiger partial charge in [-0.2, -0.15) is 0 Å². The van der Waals surface area contributed by atoms with Gasteiger partial charge >= 0.3 is 0 Å². The van der Waals surface area contributed by atoms with Gasteiger partial charge in [-0.05, 0) is 12.1 Å². The minimum Gasteiger partial charge on any atom is -0.394 e. The quantitative estimate of drug-likeness (QED) is 0.210. The first-order valence-corrected chi connectivity index (χ1v) is 9.51. The molecule has 2 aliphatic rings. The maximum atomic E-state index is 10.2. The molecule has 0 aliphatic carbocycles. The van der Waals surface area contributed by atoms with Crippen LogP contribution in [0.5, 0.6) is 0 Å². The largest absolute Gasteiger partial charge is 0.394 e. The van der Waals surface area contributed by atoms with Gasteiger partial charge < -0.3 is 61.0 Å². The minimum absolute atomic E-state index is 0.346. The summed E-state index contributed by atoms with van der Waals surface area (Å²) in [5, 5.41) is 84.4. The maximum absolute atomic E-state index is 10.2. The van der Waals surface area contributed by atoms with Gasteiger partial charge in [-0.15, -0.1) is 0 Å². The van der Waals surface area contributed by atoms with Gasteiger partial charge in [0.2, 0.25) is 0 Å². The van der Waals surface area contributed by atoms with Gasteiger partial charge in [0.15, 0.2) is 12.5 Å². The molecule has 12 nitrogen and oxygen atoms in total. The highest BCUT2D eigenvalue weighted by molar-refractivity contribution is 5.69. The molecule has 30 heavy (non-hydrogen) atoms. The van der Waals surface area contributed by atoms with Crippen molar-refractivity contribution < 1.29 is 50.3 Å². The fourth-order valence-electron chi connectivity index (χ4n) is 3.48. The van der Waals surface area contributed by atoms with E-state index in [9.17, 15) is 40.9 Å². The van der Waals surface area contributed by atoms with E-state index in [0.29, 0.717) is 11.4 Å². The van der Waals surface area contributed by atoms with Crippen LogP contribution in [0.4, 0.5) is 11.4 Å². The highest BCUT2D eigenvalue weighted by atomic mass is 16.6. The molecule has 0 saturated carbocycles. The molecule has 2 fully saturated rings. The molecular weight excluding hydrogens is 404 g/mol. The summed E-state index contributed by atoms with van der Waals surface area (Å²) < 4.78 is 10.9. The Balaban J connectivity index is 1.76. The molecular formula is C18H28N2O10. The van der Waals surface area contributed by atoms with Crippen LogP contribution in [-0.4, -0.2) is 115 Å². The molecule has 3 rings (SSSR count). The monoisotopic (exact) mass is 432 g/mol. The topological polar surface area (TPSA) is 204 Å². The number of para-hydroxylation sites is 2. The van der Waals surface area contributed by atoms with Crippen molar-refractivity contribution in [2.75, 3.05) is 23.8 Å². The second-order valence-electron chi connectivity index (χ2n) is 7.33. The molecule has 0 unspecified atom stereocenters. The van der Waals surface area contributed by atoms with E-state index in [2.05, 4.69) is 10.6 Å². The Morgan fingerprint density at radius 1 is 0.600 bits per heavy atom. The number of anilines is 2. The van der Waals surface area contributed by atoms with E-state index in [0.717, 1.165) is 0 Å². The molecule has 1 aromatic carbocycles. The van der Waals surface area contributed by atoms with Crippen molar-refractivity contribution in [3.8, 4) is 0 Å².